The fourth-order valence-electron chi connectivity index (χ4n) is 18.1. The molecule has 0 saturated heterocycles. The SMILES string of the molecule is CCC(C)Cn1nc(C(=O)N[C@@H](CC2CCCCC2)C(=O)O)cc1-c1c(OC)cccc1OC.CCC(CC)Cn1nc(C(=O)N[C@@H](CC2CCCCC2)C(=O)O)cc1-c1c(OC)cccc1OC.COC(=O)CNC(=O)[C@H](Cc1ccccc1)NC(=O)c1cc(-c2c(OC)cccc2OC)n(CC(C)C)n1.COc1cccc(OC)c1-c1cc(C(=O)N[C@@H](CC2CCCCC2)C(=O)O)nn1C(C)C(C)C. The van der Waals surface area contributed by atoms with Crippen LogP contribution in [0.1, 0.15) is 251 Å². The number of amides is 5. The zero-order valence-corrected chi connectivity index (χ0v) is 85.2. The largest absolute Gasteiger partial charge is 0.496 e. The van der Waals surface area contributed by atoms with Crippen LogP contribution in [0.25, 0.3) is 45.0 Å². The van der Waals surface area contributed by atoms with Gasteiger partial charge < -0.3 is 84.5 Å². The summed E-state index contributed by atoms with van der Waals surface area (Å²) in [5.74, 6) is 0.829. The zero-order chi connectivity index (χ0) is 103. The third-order valence-corrected chi connectivity index (χ3v) is 26.6. The maximum Gasteiger partial charge on any atom is 0.326 e. The number of carboxylic acids is 3. The van der Waals surface area contributed by atoms with E-state index in [9.17, 15) is 58.5 Å². The Kier molecular flexibility index (Phi) is 43.8. The van der Waals surface area contributed by atoms with Crippen LogP contribution in [-0.4, -0.2) is 203 Å². The van der Waals surface area contributed by atoms with Crippen LogP contribution in [-0.2, 0) is 54.8 Å². The van der Waals surface area contributed by atoms with Crippen molar-refractivity contribution in [3.8, 4) is 91.0 Å². The summed E-state index contributed by atoms with van der Waals surface area (Å²) in [5.41, 5.74) is 7.03. The molecule has 6 atom stereocenters. The highest BCUT2D eigenvalue weighted by Gasteiger charge is 2.36. The second kappa shape index (κ2) is 55.5. The maximum atomic E-state index is 13.4. The van der Waals surface area contributed by atoms with Crippen LogP contribution in [0.4, 0.5) is 0 Å². The van der Waals surface area contributed by atoms with Crippen molar-refractivity contribution in [2.75, 3.05) is 70.5 Å². The Bertz CT molecular complexity index is 5480. The van der Waals surface area contributed by atoms with Crippen molar-refractivity contribution in [2.45, 2.75) is 253 Å². The van der Waals surface area contributed by atoms with Crippen molar-refractivity contribution in [3.05, 3.63) is 156 Å². The van der Waals surface area contributed by atoms with Crippen LogP contribution in [0.5, 0.6) is 46.0 Å². The predicted octanol–water partition coefficient (Wildman–Crippen LogP) is 17.7. The molecular formula is C107H147N13O21. The molecule has 3 aliphatic rings. The number of esters is 1. The second-order valence-corrected chi connectivity index (χ2v) is 37.2. The lowest BCUT2D eigenvalue weighted by molar-refractivity contribution is -0.141. The molecule has 3 saturated carbocycles. The van der Waals surface area contributed by atoms with E-state index < -0.39 is 77.6 Å². The zero-order valence-electron chi connectivity index (χ0n) is 85.2. The highest BCUT2D eigenvalue weighted by atomic mass is 16.5. The molecule has 3 fully saturated rings. The van der Waals surface area contributed by atoms with Gasteiger partial charge in [-0.15, -0.1) is 0 Å². The first-order chi connectivity index (χ1) is 67.8. The summed E-state index contributed by atoms with van der Waals surface area (Å²) in [5, 5.41) is 61.2. The number of methoxy groups -OCH3 is 9. The number of nitrogens with one attached hydrogen (secondary N) is 5. The normalized spacial score (nSPS) is 14.6. The van der Waals surface area contributed by atoms with Gasteiger partial charge >= 0.3 is 23.9 Å². The van der Waals surface area contributed by atoms with Gasteiger partial charge in [-0.2, -0.15) is 20.4 Å². The van der Waals surface area contributed by atoms with Crippen LogP contribution in [0.15, 0.2) is 127 Å². The molecule has 5 amide bonds. The van der Waals surface area contributed by atoms with E-state index in [1.165, 1.54) is 26.4 Å². The second-order valence-electron chi connectivity index (χ2n) is 37.2. The molecule has 0 radical (unpaired) electrons. The molecule has 8 N–H and O–H groups in total. The Hall–Kier alpha value is -13.4. The van der Waals surface area contributed by atoms with Gasteiger partial charge in [0.15, 0.2) is 22.8 Å². The molecule has 34 nitrogen and oxygen atoms in total. The molecule has 766 valence electrons. The Morgan fingerprint density at radius 3 is 0.972 bits per heavy atom. The van der Waals surface area contributed by atoms with Gasteiger partial charge in [0.2, 0.25) is 5.91 Å². The Balaban J connectivity index is 0.000000210. The lowest BCUT2D eigenvalue weighted by Crippen LogP contribution is -2.49. The number of hydrogen-bond donors (Lipinski definition) is 8. The number of ether oxygens (including phenoxy) is 9. The number of nitrogens with zero attached hydrogens (tertiary/aromatic N) is 8. The van der Waals surface area contributed by atoms with E-state index in [-0.39, 0.29) is 53.6 Å². The number of aliphatic carboxylic acids is 3. The molecule has 9 aromatic rings. The number of aromatic nitrogens is 8. The minimum atomic E-state index is -1.01. The molecule has 3 aliphatic carbocycles. The van der Waals surface area contributed by atoms with Crippen LogP contribution in [0.2, 0.25) is 0 Å². The summed E-state index contributed by atoms with van der Waals surface area (Å²) < 4.78 is 56.5. The summed E-state index contributed by atoms with van der Waals surface area (Å²) >= 11 is 0. The molecule has 5 aromatic carbocycles. The van der Waals surface area contributed by atoms with E-state index in [2.05, 4.69) is 93.3 Å². The predicted molar refractivity (Wildman–Crippen MR) is 538 cm³/mol. The molecule has 34 heteroatoms. The first-order valence-corrected chi connectivity index (χ1v) is 49.3. The molecule has 4 aromatic heterocycles. The molecule has 0 bridgehead atoms. The van der Waals surface area contributed by atoms with Gasteiger partial charge in [0.1, 0.15) is 76.7 Å². The summed E-state index contributed by atoms with van der Waals surface area (Å²) in [4.78, 5) is 113. The van der Waals surface area contributed by atoms with Gasteiger partial charge in [-0.1, -0.05) is 226 Å². The average molecular weight is 1950 g/mol. The number of carboxylic acid groups (broad SMARTS) is 3. The number of carbonyl (C=O) groups excluding carboxylic acids is 6. The maximum absolute atomic E-state index is 13.4. The fraction of sp³-hybridized carbons (Fsp3) is 0.523. The third kappa shape index (κ3) is 31.0. The van der Waals surface area contributed by atoms with Gasteiger partial charge in [0.25, 0.3) is 23.6 Å². The Morgan fingerprint density at radius 2 is 0.674 bits per heavy atom. The molecule has 0 spiro atoms. The highest BCUT2D eigenvalue weighted by Crippen LogP contribution is 2.45. The van der Waals surface area contributed by atoms with Gasteiger partial charge in [0, 0.05) is 26.1 Å². The summed E-state index contributed by atoms with van der Waals surface area (Å²) in [6.07, 6.45) is 20.8. The summed E-state index contributed by atoms with van der Waals surface area (Å²) in [7, 11) is 13.9. The van der Waals surface area contributed by atoms with E-state index in [1.807, 2.05) is 129 Å². The Labute approximate surface area is 828 Å². The van der Waals surface area contributed by atoms with E-state index in [0.717, 1.165) is 102 Å². The van der Waals surface area contributed by atoms with Crippen molar-refractivity contribution in [2.24, 2.45) is 41.4 Å². The van der Waals surface area contributed by atoms with E-state index in [4.69, 9.17) is 37.9 Å². The third-order valence-electron chi connectivity index (χ3n) is 26.6. The Morgan fingerprint density at radius 1 is 0.369 bits per heavy atom. The van der Waals surface area contributed by atoms with Gasteiger partial charge in [-0.3, -0.25) is 47.5 Å². The highest BCUT2D eigenvalue weighted by molar-refractivity contribution is 6.00. The first kappa shape index (κ1) is 111. The quantitative estimate of drug-likeness (QED) is 0.0164. The number of rotatable bonds is 45. The van der Waals surface area contributed by atoms with Crippen molar-refractivity contribution in [1.29, 1.82) is 0 Å². The minimum Gasteiger partial charge on any atom is -0.496 e. The van der Waals surface area contributed by atoms with E-state index in [0.29, 0.717) is 160 Å². The standard InChI is InChI=1S/C28H34N4O6.C27H39N3O5.2C26H37N3O5/c1-18(2)17-32-22(26-23(36-3)12-9-13-24(26)37-4)15-21(31-32)28(35)30-20(14-19-10-7-6-8-11-19)27(34)29-16-25(33)38-5;1-5-18(6-2)17-30-22(25-23(34-3)13-10-14-24(25)35-4)16-20(29-30)26(31)28-21(27(32)33)15-19-11-8-7-9-12-19;1-16(2)17(3)29-21(24-22(33-4)12-9-13-23(24)34-5)15-19(28-29)25(30)27-20(26(31)32)14-18-10-7-6-8-11-18;1-5-17(2)16-29-21(24-22(33-3)12-9-13-23(24)34-4)15-19(28-29)25(30)27-20(26(31)32)14-18-10-7-6-8-11-18/h6-13,15,18,20H,14,16-17H2,1-5H3,(H,29,34)(H,30,35);10,13-14,16,18-19,21H,5-9,11-12,15,17H2,1-4H3,(H,28,31)(H,32,33);9,12-13,15-18,20H,6-8,10-11,14H2,1-5H3,(H,27,30)(H,31,32);9,12-13,15,17-18,20H,5-8,10-11,14,16H2,1-4H3,(H,27,30)(H,31,32)/t20-;21-;2*17?,20-/m0000/s1. The molecule has 141 heavy (non-hydrogen) atoms. The van der Waals surface area contributed by atoms with Gasteiger partial charge in [-0.05, 0) is 146 Å². The van der Waals surface area contributed by atoms with Crippen molar-refractivity contribution in [3.63, 3.8) is 0 Å². The summed E-state index contributed by atoms with van der Waals surface area (Å²) in [6.45, 7) is 20.3. The lowest BCUT2D eigenvalue weighted by Gasteiger charge is -2.24. The van der Waals surface area contributed by atoms with Crippen molar-refractivity contribution < 1.29 is 101 Å². The van der Waals surface area contributed by atoms with Crippen LogP contribution in [0, 0.1) is 41.4 Å². The van der Waals surface area contributed by atoms with Gasteiger partial charge in [0.05, 0.1) is 115 Å². The van der Waals surface area contributed by atoms with Crippen LogP contribution in [0.3, 0.4) is 0 Å². The molecule has 2 unspecified atom stereocenters. The minimum absolute atomic E-state index is 0.0244. The molecular weight excluding hydrogens is 1800 g/mol. The number of carbonyl (C=O) groups is 9. The summed E-state index contributed by atoms with van der Waals surface area (Å²) in [6, 6.07) is 34.2. The monoisotopic (exact) mass is 1950 g/mol. The van der Waals surface area contributed by atoms with E-state index in [1.54, 1.807) is 95.2 Å². The topological polar surface area (TPSA) is 429 Å². The number of hydrogen-bond acceptors (Lipinski definition) is 22. The average Bonchev–Trinajstić information content (AvgIpc) is 1.66. The first-order valence-electron chi connectivity index (χ1n) is 49.3. The molecule has 0 aliphatic heterocycles. The van der Waals surface area contributed by atoms with Crippen LogP contribution < -0.4 is 64.5 Å². The van der Waals surface area contributed by atoms with Crippen molar-refractivity contribution >= 4 is 53.4 Å². The molecule has 4 heterocycles. The smallest absolute Gasteiger partial charge is 0.326 e. The van der Waals surface area contributed by atoms with E-state index >= 15 is 0 Å². The molecule has 12 rings (SSSR count). The van der Waals surface area contributed by atoms with Gasteiger partial charge in [-0.25, -0.2) is 14.4 Å². The number of benzene rings is 5. The van der Waals surface area contributed by atoms with Crippen molar-refractivity contribution in [1.82, 2.24) is 65.7 Å². The van der Waals surface area contributed by atoms with Crippen LogP contribution >= 0.6 is 0 Å². The fourth-order valence-corrected chi connectivity index (χ4v) is 18.1. The lowest BCUT2D eigenvalue weighted by atomic mass is 9.85.